The first-order valence-electron chi connectivity index (χ1n) is 11.5. The van der Waals surface area contributed by atoms with Crippen LogP contribution in [0.3, 0.4) is 0 Å². The molecule has 0 saturated carbocycles. The fourth-order valence-electron chi connectivity index (χ4n) is 3.96. The zero-order chi connectivity index (χ0) is 24.7. The molecule has 4 aromatic rings. The van der Waals surface area contributed by atoms with Crippen LogP contribution in [-0.2, 0) is 11.3 Å². The van der Waals surface area contributed by atoms with E-state index in [1.54, 1.807) is 42.7 Å². The Hall–Kier alpha value is -4.28. The van der Waals surface area contributed by atoms with Gasteiger partial charge >= 0.3 is 0 Å². The molecule has 9 nitrogen and oxygen atoms in total. The van der Waals surface area contributed by atoms with Crippen molar-refractivity contribution >= 4 is 17.1 Å². The lowest BCUT2D eigenvalue weighted by molar-refractivity contribution is 0.0342. The summed E-state index contributed by atoms with van der Waals surface area (Å²) < 4.78 is 25.4. The van der Waals surface area contributed by atoms with Crippen molar-refractivity contribution in [2.24, 2.45) is 5.11 Å². The van der Waals surface area contributed by atoms with Crippen molar-refractivity contribution in [1.29, 1.82) is 5.53 Å². The lowest BCUT2D eigenvalue weighted by atomic mass is 10.1. The number of nitrogens with one attached hydrogen (secondary N) is 2. The minimum atomic E-state index is -0.448. The van der Waals surface area contributed by atoms with Gasteiger partial charge in [0.05, 0.1) is 24.6 Å². The molecule has 5 rings (SSSR count). The van der Waals surface area contributed by atoms with E-state index in [1.165, 1.54) is 6.07 Å². The van der Waals surface area contributed by atoms with Crippen LogP contribution in [0, 0.1) is 11.3 Å². The standard InChI is InChI=1S/C26H24FN7O2/c27-21-6-1-2-7-22(21)30-23(19-8-10-29-11-9-19)24(32-28)26-31-25(33-36-26)20-5-3-4-18(16-20)17-34-12-14-35-15-13-34/h1-11,16,28,30H,12-15,17H2/b24-23-,32-28?. The maximum absolute atomic E-state index is 14.4. The molecule has 1 aliphatic heterocycles. The van der Waals surface area contributed by atoms with E-state index in [9.17, 15) is 4.39 Å². The number of hydrogen-bond donors (Lipinski definition) is 2. The van der Waals surface area contributed by atoms with Crippen LogP contribution < -0.4 is 5.32 Å². The fraction of sp³-hybridized carbons (Fsp3) is 0.192. The van der Waals surface area contributed by atoms with E-state index in [0.717, 1.165) is 44.0 Å². The predicted molar refractivity (Wildman–Crippen MR) is 132 cm³/mol. The Morgan fingerprint density at radius 3 is 2.64 bits per heavy atom. The predicted octanol–water partition coefficient (Wildman–Crippen LogP) is 5.07. The van der Waals surface area contributed by atoms with E-state index in [0.29, 0.717) is 17.1 Å². The van der Waals surface area contributed by atoms with Crippen LogP contribution in [0.4, 0.5) is 10.1 Å². The number of halogens is 1. The molecule has 10 heteroatoms. The summed E-state index contributed by atoms with van der Waals surface area (Å²) >= 11 is 0. The zero-order valence-corrected chi connectivity index (χ0v) is 19.4. The van der Waals surface area contributed by atoms with E-state index in [2.05, 4.69) is 36.5 Å². The molecule has 0 unspecified atom stereocenters. The molecule has 0 aliphatic carbocycles. The SMILES string of the molecule is N=N/C(=C(\Nc1ccccc1F)c1ccncc1)c1nc(-c2cccc(CN3CCOCC3)c2)no1. The Kier molecular flexibility index (Phi) is 7.15. The molecule has 0 atom stereocenters. The first-order chi connectivity index (χ1) is 17.7. The number of para-hydroxylation sites is 1. The van der Waals surface area contributed by atoms with Gasteiger partial charge in [-0.25, -0.2) is 9.92 Å². The quantitative estimate of drug-likeness (QED) is 0.335. The summed E-state index contributed by atoms with van der Waals surface area (Å²) in [6.07, 6.45) is 3.19. The number of pyridine rings is 1. The Balaban J connectivity index is 1.48. The number of benzene rings is 2. The van der Waals surface area contributed by atoms with Crippen LogP contribution in [0.5, 0.6) is 0 Å². The normalized spacial score (nSPS) is 14.8. The summed E-state index contributed by atoms with van der Waals surface area (Å²) in [5.74, 6) is -0.0409. The minimum absolute atomic E-state index is 0.0363. The highest BCUT2D eigenvalue weighted by Crippen LogP contribution is 2.30. The van der Waals surface area contributed by atoms with Crippen molar-refractivity contribution in [2.45, 2.75) is 6.54 Å². The van der Waals surface area contributed by atoms with Crippen molar-refractivity contribution in [1.82, 2.24) is 20.0 Å². The molecule has 1 fully saturated rings. The molecule has 2 aromatic carbocycles. The summed E-state index contributed by atoms with van der Waals surface area (Å²) in [6, 6.07) is 17.6. The van der Waals surface area contributed by atoms with Crippen LogP contribution in [0.15, 0.2) is 82.7 Å². The summed E-state index contributed by atoms with van der Waals surface area (Å²) in [6.45, 7) is 4.06. The molecular formula is C26H24FN7O2. The largest absolute Gasteiger partial charge is 0.379 e. The number of ether oxygens (including phenoxy) is 1. The molecule has 0 bridgehead atoms. The van der Waals surface area contributed by atoms with Crippen molar-refractivity contribution in [3.05, 3.63) is 95.9 Å². The van der Waals surface area contributed by atoms with Crippen LogP contribution in [-0.4, -0.2) is 46.3 Å². The molecule has 0 spiro atoms. The smallest absolute Gasteiger partial charge is 0.280 e. The van der Waals surface area contributed by atoms with Crippen LogP contribution in [0.2, 0.25) is 0 Å². The molecule has 0 amide bonds. The maximum atomic E-state index is 14.4. The van der Waals surface area contributed by atoms with Gasteiger partial charge in [0.25, 0.3) is 5.89 Å². The lowest BCUT2D eigenvalue weighted by Crippen LogP contribution is -2.35. The first kappa shape index (κ1) is 23.5. The van der Waals surface area contributed by atoms with Crippen molar-refractivity contribution in [3.8, 4) is 11.4 Å². The molecule has 0 radical (unpaired) electrons. The molecule has 182 valence electrons. The summed E-state index contributed by atoms with van der Waals surface area (Å²) in [7, 11) is 0. The Labute approximate surface area is 207 Å². The summed E-state index contributed by atoms with van der Waals surface area (Å²) in [4.78, 5) is 10.9. The van der Waals surface area contributed by atoms with Crippen LogP contribution in [0.1, 0.15) is 17.0 Å². The molecule has 36 heavy (non-hydrogen) atoms. The highest BCUT2D eigenvalue weighted by atomic mass is 19.1. The number of hydrogen-bond acceptors (Lipinski definition) is 9. The topological polar surface area (TPSA) is 113 Å². The van der Waals surface area contributed by atoms with Crippen molar-refractivity contribution in [2.75, 3.05) is 31.6 Å². The number of aromatic nitrogens is 3. The van der Waals surface area contributed by atoms with Gasteiger partial charge in [0, 0.05) is 43.2 Å². The third-order valence-corrected chi connectivity index (χ3v) is 5.77. The van der Waals surface area contributed by atoms with E-state index < -0.39 is 5.82 Å². The van der Waals surface area contributed by atoms with E-state index >= 15 is 0 Å². The average Bonchev–Trinajstić information content (AvgIpc) is 3.41. The molecule has 2 aromatic heterocycles. The summed E-state index contributed by atoms with van der Waals surface area (Å²) in [5, 5.41) is 10.8. The van der Waals surface area contributed by atoms with Gasteiger partial charge < -0.3 is 14.6 Å². The van der Waals surface area contributed by atoms with Crippen molar-refractivity contribution < 1.29 is 13.7 Å². The van der Waals surface area contributed by atoms with Gasteiger partial charge in [-0.3, -0.25) is 9.88 Å². The van der Waals surface area contributed by atoms with Crippen LogP contribution in [0.25, 0.3) is 22.8 Å². The second kappa shape index (κ2) is 11.0. The number of nitrogens with zero attached hydrogens (tertiary/aromatic N) is 5. The second-order valence-electron chi connectivity index (χ2n) is 8.19. The van der Waals surface area contributed by atoms with Gasteiger partial charge in [-0.15, -0.1) is 0 Å². The Bertz CT molecular complexity index is 1370. The highest BCUT2D eigenvalue weighted by molar-refractivity contribution is 5.93. The third-order valence-electron chi connectivity index (χ3n) is 5.77. The minimum Gasteiger partial charge on any atom is -0.379 e. The lowest BCUT2D eigenvalue weighted by Gasteiger charge is -2.26. The van der Waals surface area contributed by atoms with E-state index in [4.69, 9.17) is 14.8 Å². The highest BCUT2D eigenvalue weighted by Gasteiger charge is 2.20. The summed E-state index contributed by atoms with van der Waals surface area (Å²) in [5.41, 5.74) is 11.0. The van der Waals surface area contributed by atoms with Gasteiger partial charge in [-0.2, -0.15) is 10.1 Å². The molecule has 3 heterocycles. The fourth-order valence-corrected chi connectivity index (χ4v) is 3.96. The van der Waals surface area contributed by atoms with E-state index in [-0.39, 0.29) is 17.3 Å². The maximum Gasteiger partial charge on any atom is 0.280 e. The Morgan fingerprint density at radius 2 is 1.86 bits per heavy atom. The zero-order valence-electron chi connectivity index (χ0n) is 19.4. The van der Waals surface area contributed by atoms with Gasteiger partial charge in [0.1, 0.15) is 5.82 Å². The van der Waals surface area contributed by atoms with Gasteiger partial charge in [-0.05, 0) is 35.9 Å². The van der Waals surface area contributed by atoms with Gasteiger partial charge in [0.2, 0.25) is 5.82 Å². The number of morpholine rings is 1. The number of rotatable bonds is 8. The molecule has 2 N–H and O–H groups in total. The Morgan fingerprint density at radius 1 is 1.06 bits per heavy atom. The van der Waals surface area contributed by atoms with E-state index in [1.807, 2.05) is 18.2 Å². The monoisotopic (exact) mass is 485 g/mol. The molecule has 1 saturated heterocycles. The van der Waals surface area contributed by atoms with Crippen molar-refractivity contribution in [3.63, 3.8) is 0 Å². The van der Waals surface area contributed by atoms with Crippen LogP contribution >= 0.6 is 0 Å². The second-order valence-corrected chi connectivity index (χ2v) is 8.19. The number of anilines is 1. The third kappa shape index (κ3) is 5.35. The molecular weight excluding hydrogens is 461 g/mol. The molecule has 1 aliphatic rings. The first-order valence-corrected chi connectivity index (χ1v) is 11.5. The average molecular weight is 486 g/mol. The van der Waals surface area contributed by atoms with Gasteiger partial charge in [0.15, 0.2) is 5.70 Å². The van der Waals surface area contributed by atoms with Gasteiger partial charge in [-0.1, -0.05) is 35.5 Å².